The van der Waals surface area contributed by atoms with E-state index in [1.165, 1.54) is 0 Å². The van der Waals surface area contributed by atoms with E-state index in [4.69, 9.17) is 52.2 Å². The molecule has 0 aromatic carbocycles. The molecule has 290 valence electrons. The van der Waals surface area contributed by atoms with Crippen LogP contribution < -0.4 is 0 Å². The van der Waals surface area contributed by atoms with Crippen molar-refractivity contribution in [2.75, 3.05) is 49.8 Å². The van der Waals surface area contributed by atoms with Crippen molar-refractivity contribution in [3.05, 3.63) is 0 Å². The minimum absolute atomic E-state index is 0. The summed E-state index contributed by atoms with van der Waals surface area (Å²) >= 11 is 0. The van der Waals surface area contributed by atoms with Gasteiger partial charge in [0.25, 0.3) is 0 Å². The summed E-state index contributed by atoms with van der Waals surface area (Å²) in [6.07, 6.45) is 0. The molecule has 0 aliphatic heterocycles. The van der Waals surface area contributed by atoms with Gasteiger partial charge in [-0.2, -0.15) is 0 Å². The first-order chi connectivity index (χ1) is 18.9. The Kier molecular flexibility index (Phi) is 35.3. The third kappa shape index (κ3) is 36.5. The molecule has 0 aliphatic rings. The van der Waals surface area contributed by atoms with Crippen molar-refractivity contribution in [3.8, 4) is 0 Å². The third-order valence-electron chi connectivity index (χ3n) is 5.41. The van der Waals surface area contributed by atoms with Crippen molar-refractivity contribution in [2.45, 2.75) is 112 Å². The Morgan fingerprint density at radius 2 is 0.348 bits per heavy atom. The first-order valence-electron chi connectivity index (χ1n) is 14.2. The maximum Gasteiger partial charge on any atom is 0.322 e. The highest BCUT2D eigenvalue weighted by Crippen LogP contribution is 2.24. The van der Waals surface area contributed by atoms with E-state index in [0.717, 1.165) is 7.11 Å². The Morgan fingerprint density at radius 1 is 0.261 bits per heavy atom. The fourth-order valence-corrected chi connectivity index (χ4v) is 30.0. The molecule has 22 heteroatoms. The molecule has 0 rings (SSSR count). The van der Waals surface area contributed by atoms with E-state index in [-0.39, 0.29) is 18.4 Å². The van der Waals surface area contributed by atoms with Crippen LogP contribution in [-0.4, -0.2) is 134 Å². The Hall–Kier alpha value is 1.18. The predicted octanol–water partition coefficient (Wildman–Crippen LogP) is 5.13. The van der Waals surface area contributed by atoms with Gasteiger partial charge in [-0.05, 0) is 105 Å². The lowest BCUT2D eigenvalue weighted by atomic mass is 11.8. The van der Waals surface area contributed by atoms with Gasteiger partial charge in [-0.15, -0.1) is 0 Å². The predicted molar refractivity (Wildman–Crippen MR) is 209 cm³/mol. The highest BCUT2D eigenvalue weighted by molar-refractivity contribution is 6.87. The van der Waals surface area contributed by atoms with Crippen LogP contribution in [-0.2, 0) is 47.1 Å². The van der Waals surface area contributed by atoms with Crippen molar-refractivity contribution >= 4 is 68.5 Å². The lowest BCUT2D eigenvalue weighted by Crippen LogP contribution is -2.57. The zero-order valence-electron chi connectivity index (χ0n) is 32.9. The Morgan fingerprint density at radius 3 is 0.457 bits per heavy atom. The Balaban J connectivity index is -0.0000000983. The highest BCUT2D eigenvalue weighted by atomic mass is 28.5. The van der Waals surface area contributed by atoms with Crippen LogP contribution in [0.4, 0.5) is 0 Å². The zero-order chi connectivity index (χ0) is 35.8. The molecule has 0 amide bonds. The van der Waals surface area contributed by atoms with Crippen molar-refractivity contribution in [1.82, 2.24) is 0 Å². The molecule has 46 heavy (non-hydrogen) atoms. The molecule has 0 aromatic rings. The summed E-state index contributed by atoms with van der Waals surface area (Å²) in [6.45, 7) is 32.4. The van der Waals surface area contributed by atoms with E-state index in [9.17, 15) is 0 Å². The lowest BCUT2D eigenvalue weighted by Gasteiger charge is -2.39. The highest BCUT2D eigenvalue weighted by Gasteiger charge is 2.44. The van der Waals surface area contributed by atoms with Gasteiger partial charge in [0.15, 0.2) is 0 Å². The van der Waals surface area contributed by atoms with Crippen LogP contribution in [0.3, 0.4) is 0 Å². The first-order valence-corrected chi connectivity index (χ1v) is 36.7. The molecule has 14 nitrogen and oxygen atoms in total. The average molecular weight is 816 g/mol. The number of rotatable bonds is 16. The van der Waals surface area contributed by atoms with Crippen LogP contribution in [0.2, 0.25) is 105 Å². The van der Waals surface area contributed by atoms with E-state index in [2.05, 4.69) is 0 Å². The molecule has 5 N–H and O–H groups in total. The molecule has 0 aliphatic carbocycles. The van der Waals surface area contributed by atoms with Crippen LogP contribution in [0.25, 0.3) is 0 Å². The summed E-state index contributed by atoms with van der Waals surface area (Å²) in [4.78, 5) is 0. The quantitative estimate of drug-likeness (QED) is 0.203. The number of hydrogen-bond donors (Lipinski definition) is 1. The topological polar surface area (TPSA) is 185 Å². The fourth-order valence-electron chi connectivity index (χ4n) is 3.25. The molecular weight excluding hydrogens is 737 g/mol. The van der Waals surface area contributed by atoms with Crippen LogP contribution in [0.1, 0.15) is 7.43 Å². The maximum atomic E-state index is 7.00. The average Bonchev–Trinajstić information content (AvgIpc) is 2.83. The standard InChI is InChI=1S/C10H30O5Si4.2C6H18O3Si2.CH4O.CH4.2H2O/c1-11-16(3,4)13-18(7,8)15-19(9,10)14-17(5,6)12-2;2*1-7-10(3,4)9-11(5,6)8-2;1-2;;;/h1-10H3;2*1-6H3;2H,1H3;1H4;2*1H2. The van der Waals surface area contributed by atoms with E-state index < -0.39 is 68.5 Å². The summed E-state index contributed by atoms with van der Waals surface area (Å²) in [7, 11) is -5.18. The number of hydrogen-bond acceptors (Lipinski definition) is 12. The normalized spacial score (nSPS) is 12.8. The van der Waals surface area contributed by atoms with Gasteiger partial charge in [-0.3, -0.25) is 0 Å². The van der Waals surface area contributed by atoms with Gasteiger partial charge < -0.3 is 63.2 Å². The monoisotopic (exact) mass is 814 g/mol. The molecule has 0 bridgehead atoms. The van der Waals surface area contributed by atoms with E-state index in [1.807, 2.05) is 105 Å². The second kappa shape index (κ2) is 26.0. The number of aliphatic hydroxyl groups excluding tert-OH is 1. The summed E-state index contributed by atoms with van der Waals surface area (Å²) in [5.74, 6) is 0. The molecule has 0 heterocycles. The lowest BCUT2D eigenvalue weighted by molar-refractivity contribution is 0.246. The molecule has 0 radical (unpaired) electrons. The summed E-state index contributed by atoms with van der Waals surface area (Å²) in [5.41, 5.74) is 0. The van der Waals surface area contributed by atoms with Crippen molar-refractivity contribution in [3.63, 3.8) is 0 Å². The van der Waals surface area contributed by atoms with Crippen LogP contribution in [0.5, 0.6) is 0 Å². The van der Waals surface area contributed by atoms with Gasteiger partial charge in [0.1, 0.15) is 0 Å². The van der Waals surface area contributed by atoms with Gasteiger partial charge >= 0.3 is 68.5 Å². The first kappa shape index (κ1) is 62.3. The minimum atomic E-state index is -2.27. The van der Waals surface area contributed by atoms with Gasteiger partial charge in [0, 0.05) is 49.8 Å². The van der Waals surface area contributed by atoms with E-state index >= 15 is 0 Å². The molecule has 0 atom stereocenters. The molecule has 0 fully saturated rings. The molecule has 0 spiro atoms. The summed E-state index contributed by atoms with van der Waals surface area (Å²) in [5, 5.41) is 7.00. The summed E-state index contributed by atoms with van der Waals surface area (Å²) in [6, 6.07) is 0. The molecule has 0 saturated carbocycles. The maximum absolute atomic E-state index is 7.00. The van der Waals surface area contributed by atoms with Crippen LogP contribution in [0.15, 0.2) is 0 Å². The zero-order valence-corrected chi connectivity index (χ0v) is 40.9. The van der Waals surface area contributed by atoms with Crippen LogP contribution in [0, 0.1) is 0 Å². The molecule has 0 saturated heterocycles. The molecule has 0 unspecified atom stereocenters. The van der Waals surface area contributed by atoms with Gasteiger partial charge in [-0.25, -0.2) is 0 Å². The smallest absolute Gasteiger partial charge is 0.322 e. The summed E-state index contributed by atoms with van der Waals surface area (Å²) < 4.78 is 61.9. The van der Waals surface area contributed by atoms with E-state index in [1.54, 1.807) is 42.7 Å². The van der Waals surface area contributed by atoms with Crippen molar-refractivity contribution < 1.29 is 63.2 Å². The largest absolute Gasteiger partial charge is 0.416 e. The molecule has 0 aromatic heterocycles. The molecular formula is C24H78O14Si8. The van der Waals surface area contributed by atoms with Gasteiger partial charge in [0.05, 0.1) is 0 Å². The van der Waals surface area contributed by atoms with Crippen molar-refractivity contribution in [2.24, 2.45) is 0 Å². The third-order valence-corrected chi connectivity index (χ3v) is 31.0. The van der Waals surface area contributed by atoms with Crippen LogP contribution >= 0.6 is 0 Å². The Bertz CT molecular complexity index is 643. The van der Waals surface area contributed by atoms with E-state index in [0.29, 0.717) is 0 Å². The minimum Gasteiger partial charge on any atom is -0.416 e. The second-order valence-electron chi connectivity index (χ2n) is 12.9. The fraction of sp³-hybridized carbons (Fsp3) is 1.00. The van der Waals surface area contributed by atoms with Gasteiger partial charge in [-0.1, -0.05) is 7.43 Å². The SMILES string of the molecule is C.CO.CO[Si](C)(C)O[Si](C)(C)OC.CO[Si](C)(C)O[Si](C)(C)OC.CO[Si](C)(C)O[Si](C)(C)O[Si](C)(C)O[Si](C)(C)OC.O.O. The van der Waals surface area contributed by atoms with Gasteiger partial charge in [0.2, 0.25) is 0 Å². The number of aliphatic hydroxyl groups is 1. The van der Waals surface area contributed by atoms with Crippen molar-refractivity contribution in [1.29, 1.82) is 0 Å². The Labute approximate surface area is 292 Å². The second-order valence-corrected chi connectivity index (χ2v) is 41.9.